The summed E-state index contributed by atoms with van der Waals surface area (Å²) in [5.41, 5.74) is -0.0637. The van der Waals surface area contributed by atoms with Gasteiger partial charge in [-0.3, -0.25) is 0 Å². The Morgan fingerprint density at radius 2 is 2.30 bits per heavy atom. The molecule has 0 atom stereocenters. The number of carbonyl (C=O) groups is 1. The van der Waals surface area contributed by atoms with Gasteiger partial charge in [-0.05, 0) is 19.3 Å². The minimum atomic E-state index is -0.153. The van der Waals surface area contributed by atoms with Gasteiger partial charge in [0, 0.05) is 7.05 Å². The highest BCUT2D eigenvalue weighted by atomic mass is 16.6. The Balaban J connectivity index is 2.10. The largest absolute Gasteiger partial charge is 0.441 e. The molecule has 0 bridgehead atoms. The Labute approximate surface area is 60.0 Å². The summed E-state index contributed by atoms with van der Waals surface area (Å²) in [6.45, 7) is 0.797. The number of likely N-dealkylation sites (N-methyl/N-ethyl adjacent to an activating group) is 1. The van der Waals surface area contributed by atoms with E-state index in [1.54, 1.807) is 11.9 Å². The summed E-state index contributed by atoms with van der Waals surface area (Å²) in [6.07, 6.45) is 3.17. The second-order valence-electron chi connectivity index (χ2n) is 3.26. The lowest BCUT2D eigenvalue weighted by atomic mass is 9.80. The molecule has 1 aliphatic carbocycles. The lowest BCUT2D eigenvalue weighted by Gasteiger charge is -2.34. The summed E-state index contributed by atoms with van der Waals surface area (Å²) in [5, 5.41) is 0. The van der Waals surface area contributed by atoms with Crippen LogP contribution in [0.5, 0.6) is 0 Å². The van der Waals surface area contributed by atoms with Crippen molar-refractivity contribution in [2.45, 2.75) is 24.9 Å². The lowest BCUT2D eigenvalue weighted by molar-refractivity contribution is -0.00681. The van der Waals surface area contributed by atoms with Crippen LogP contribution in [0.1, 0.15) is 19.3 Å². The molecule has 1 spiro atoms. The van der Waals surface area contributed by atoms with E-state index in [-0.39, 0.29) is 11.7 Å². The van der Waals surface area contributed by atoms with Gasteiger partial charge in [-0.25, -0.2) is 4.79 Å². The van der Waals surface area contributed by atoms with Crippen LogP contribution >= 0.6 is 0 Å². The number of rotatable bonds is 0. The summed E-state index contributed by atoms with van der Waals surface area (Å²) >= 11 is 0. The molecule has 2 rings (SSSR count). The predicted molar refractivity (Wildman–Crippen MR) is 35.7 cm³/mol. The Bertz CT molecular complexity index is 174. The second kappa shape index (κ2) is 1.65. The topological polar surface area (TPSA) is 29.5 Å². The third-order valence-electron chi connectivity index (χ3n) is 2.41. The second-order valence-corrected chi connectivity index (χ2v) is 3.26. The molecule has 1 aliphatic heterocycles. The van der Waals surface area contributed by atoms with Crippen molar-refractivity contribution >= 4 is 6.09 Å². The van der Waals surface area contributed by atoms with Crippen LogP contribution in [0.4, 0.5) is 4.79 Å². The minimum Gasteiger partial charge on any atom is -0.441 e. The maximum Gasteiger partial charge on any atom is 0.410 e. The number of nitrogens with zero attached hydrogens (tertiary/aromatic N) is 1. The summed E-state index contributed by atoms with van der Waals surface area (Å²) < 4.78 is 5.18. The SMILES string of the molecule is CN1CC2(CCC2)OC1=O. The minimum absolute atomic E-state index is 0.0637. The van der Waals surface area contributed by atoms with Crippen molar-refractivity contribution in [3.63, 3.8) is 0 Å². The first-order valence-electron chi connectivity index (χ1n) is 3.66. The van der Waals surface area contributed by atoms with Gasteiger partial charge in [0.05, 0.1) is 6.54 Å². The van der Waals surface area contributed by atoms with Gasteiger partial charge in [-0.1, -0.05) is 0 Å². The van der Waals surface area contributed by atoms with Crippen LogP contribution in [0.25, 0.3) is 0 Å². The predicted octanol–water partition coefficient (Wildman–Crippen LogP) is 0.991. The van der Waals surface area contributed by atoms with Crippen LogP contribution in [-0.2, 0) is 4.74 Å². The normalized spacial score (nSPS) is 28.5. The van der Waals surface area contributed by atoms with Crippen molar-refractivity contribution in [1.82, 2.24) is 4.90 Å². The van der Waals surface area contributed by atoms with Gasteiger partial charge in [-0.2, -0.15) is 0 Å². The smallest absolute Gasteiger partial charge is 0.410 e. The van der Waals surface area contributed by atoms with Crippen molar-refractivity contribution in [2.75, 3.05) is 13.6 Å². The molecule has 0 unspecified atom stereocenters. The zero-order valence-electron chi connectivity index (χ0n) is 6.09. The number of ether oxygens (including phenoxy) is 1. The molecule has 1 saturated carbocycles. The highest BCUT2D eigenvalue weighted by Crippen LogP contribution is 2.39. The molecular formula is C7H11NO2. The first-order valence-corrected chi connectivity index (χ1v) is 3.66. The fourth-order valence-electron chi connectivity index (χ4n) is 1.62. The van der Waals surface area contributed by atoms with Crippen LogP contribution in [-0.4, -0.2) is 30.2 Å². The van der Waals surface area contributed by atoms with Crippen molar-refractivity contribution in [1.29, 1.82) is 0 Å². The van der Waals surface area contributed by atoms with Crippen LogP contribution in [0.2, 0.25) is 0 Å². The summed E-state index contributed by atoms with van der Waals surface area (Å²) in [7, 11) is 1.79. The van der Waals surface area contributed by atoms with Crippen LogP contribution in [0.15, 0.2) is 0 Å². The first-order chi connectivity index (χ1) is 4.72. The fraction of sp³-hybridized carbons (Fsp3) is 0.857. The Hall–Kier alpha value is -0.730. The van der Waals surface area contributed by atoms with Gasteiger partial charge in [0.1, 0.15) is 5.60 Å². The highest BCUT2D eigenvalue weighted by molar-refractivity contribution is 5.70. The lowest BCUT2D eigenvalue weighted by Crippen LogP contribution is -2.40. The molecule has 0 aromatic rings. The molecule has 3 heteroatoms. The molecule has 2 fully saturated rings. The number of hydrogen-bond donors (Lipinski definition) is 0. The van der Waals surface area contributed by atoms with Crippen molar-refractivity contribution in [3.8, 4) is 0 Å². The molecule has 1 saturated heterocycles. The van der Waals surface area contributed by atoms with E-state index in [0.29, 0.717) is 0 Å². The van der Waals surface area contributed by atoms with E-state index in [0.717, 1.165) is 19.4 Å². The van der Waals surface area contributed by atoms with Crippen LogP contribution < -0.4 is 0 Å². The standard InChI is InChI=1S/C7H11NO2/c1-8-5-7(3-2-4-7)10-6(8)9/h2-5H2,1H3. The van der Waals surface area contributed by atoms with Gasteiger partial charge >= 0.3 is 6.09 Å². The summed E-state index contributed by atoms with van der Waals surface area (Å²) in [6, 6.07) is 0. The van der Waals surface area contributed by atoms with E-state index in [1.807, 2.05) is 0 Å². The third kappa shape index (κ3) is 0.632. The molecule has 0 aromatic carbocycles. The van der Waals surface area contributed by atoms with E-state index < -0.39 is 0 Å². The first kappa shape index (κ1) is 6.01. The number of amides is 1. The Morgan fingerprint density at radius 1 is 1.60 bits per heavy atom. The summed E-state index contributed by atoms with van der Waals surface area (Å²) in [5.74, 6) is 0. The molecular weight excluding hydrogens is 130 g/mol. The quantitative estimate of drug-likeness (QED) is 0.503. The number of hydrogen-bond acceptors (Lipinski definition) is 2. The maximum atomic E-state index is 10.9. The zero-order valence-corrected chi connectivity index (χ0v) is 6.09. The van der Waals surface area contributed by atoms with Crippen LogP contribution in [0.3, 0.4) is 0 Å². The summed E-state index contributed by atoms with van der Waals surface area (Å²) in [4.78, 5) is 12.5. The Kier molecular flexibility index (Phi) is 0.993. The third-order valence-corrected chi connectivity index (χ3v) is 2.41. The van der Waals surface area contributed by atoms with Gasteiger partial charge in [0.2, 0.25) is 0 Å². The highest BCUT2D eigenvalue weighted by Gasteiger charge is 2.47. The fourth-order valence-corrected chi connectivity index (χ4v) is 1.62. The van der Waals surface area contributed by atoms with Crippen LogP contribution in [0, 0.1) is 0 Å². The molecule has 56 valence electrons. The van der Waals surface area contributed by atoms with E-state index in [1.165, 1.54) is 6.42 Å². The molecule has 0 N–H and O–H groups in total. The monoisotopic (exact) mass is 141 g/mol. The average molecular weight is 141 g/mol. The van der Waals surface area contributed by atoms with Crippen molar-refractivity contribution in [3.05, 3.63) is 0 Å². The Morgan fingerprint density at radius 3 is 2.50 bits per heavy atom. The molecule has 1 amide bonds. The molecule has 0 aromatic heterocycles. The zero-order chi connectivity index (χ0) is 7.19. The molecule has 1 heterocycles. The van der Waals surface area contributed by atoms with Gasteiger partial charge in [0.15, 0.2) is 0 Å². The van der Waals surface area contributed by atoms with E-state index in [4.69, 9.17) is 4.74 Å². The van der Waals surface area contributed by atoms with E-state index in [2.05, 4.69) is 0 Å². The van der Waals surface area contributed by atoms with Gasteiger partial charge in [-0.15, -0.1) is 0 Å². The maximum absolute atomic E-state index is 10.9. The number of carbonyl (C=O) groups excluding carboxylic acids is 1. The van der Waals surface area contributed by atoms with Gasteiger partial charge < -0.3 is 9.64 Å². The van der Waals surface area contributed by atoms with Crippen molar-refractivity contribution in [2.24, 2.45) is 0 Å². The molecule has 2 aliphatic rings. The molecule has 0 radical (unpaired) electrons. The van der Waals surface area contributed by atoms with E-state index >= 15 is 0 Å². The molecule has 10 heavy (non-hydrogen) atoms. The molecule has 3 nitrogen and oxygen atoms in total. The van der Waals surface area contributed by atoms with Crippen molar-refractivity contribution < 1.29 is 9.53 Å². The van der Waals surface area contributed by atoms with E-state index in [9.17, 15) is 4.79 Å². The average Bonchev–Trinajstić information content (AvgIpc) is 2.08. The van der Waals surface area contributed by atoms with Gasteiger partial charge in [0.25, 0.3) is 0 Å².